The third-order valence-corrected chi connectivity index (χ3v) is 3.98. The number of pyridine rings is 1. The third kappa shape index (κ3) is 5.04. The Morgan fingerprint density at radius 3 is 2.58 bits per heavy atom. The summed E-state index contributed by atoms with van der Waals surface area (Å²) in [7, 11) is 0. The van der Waals surface area contributed by atoms with Crippen molar-refractivity contribution in [3.63, 3.8) is 0 Å². The number of amides is 1. The molecule has 132 valence electrons. The van der Waals surface area contributed by atoms with Crippen LogP contribution in [0.5, 0.6) is 0 Å². The Balaban J connectivity index is 1.52. The number of carbonyl (C=O) groups is 1. The van der Waals surface area contributed by atoms with E-state index in [-0.39, 0.29) is 11.7 Å². The summed E-state index contributed by atoms with van der Waals surface area (Å²) in [6.45, 7) is 0.659. The predicted molar refractivity (Wildman–Crippen MR) is 102 cm³/mol. The van der Waals surface area contributed by atoms with E-state index in [1.807, 2.05) is 0 Å². The van der Waals surface area contributed by atoms with Gasteiger partial charge in [0.05, 0.1) is 5.56 Å². The fourth-order valence-electron chi connectivity index (χ4n) is 2.39. The molecule has 4 nitrogen and oxygen atoms in total. The molecule has 0 aliphatic carbocycles. The van der Waals surface area contributed by atoms with Crippen LogP contribution in [0.25, 0.3) is 0 Å². The van der Waals surface area contributed by atoms with Crippen LogP contribution in [-0.2, 0) is 6.42 Å². The number of benzene rings is 2. The number of carbonyl (C=O) groups excluding carboxylic acids is 1. The van der Waals surface area contributed by atoms with E-state index in [2.05, 4.69) is 15.6 Å². The second-order valence-corrected chi connectivity index (χ2v) is 6.14. The van der Waals surface area contributed by atoms with Crippen LogP contribution in [0.4, 0.5) is 15.9 Å². The highest BCUT2D eigenvalue weighted by molar-refractivity contribution is 6.30. The molecular formula is C20H17ClFN3O. The summed E-state index contributed by atoms with van der Waals surface area (Å²) in [5, 5.41) is 6.51. The summed E-state index contributed by atoms with van der Waals surface area (Å²) >= 11 is 5.91. The van der Waals surface area contributed by atoms with Gasteiger partial charge in [0.2, 0.25) is 0 Å². The molecule has 1 aromatic heterocycles. The summed E-state index contributed by atoms with van der Waals surface area (Å²) in [6.07, 6.45) is 2.26. The second kappa shape index (κ2) is 8.45. The zero-order valence-electron chi connectivity index (χ0n) is 13.9. The van der Waals surface area contributed by atoms with Crippen LogP contribution in [0, 0.1) is 5.82 Å². The quantitative estimate of drug-likeness (QED) is 0.657. The Morgan fingerprint density at radius 2 is 1.88 bits per heavy atom. The number of nitrogens with zero attached hydrogens (tertiary/aromatic N) is 1. The molecule has 0 unspecified atom stereocenters. The molecule has 0 saturated heterocycles. The van der Waals surface area contributed by atoms with E-state index in [1.165, 1.54) is 18.3 Å². The molecule has 1 amide bonds. The lowest BCUT2D eigenvalue weighted by Gasteiger charge is -2.08. The number of hydrogen-bond acceptors (Lipinski definition) is 3. The molecule has 0 fully saturated rings. The molecule has 0 atom stereocenters. The van der Waals surface area contributed by atoms with E-state index in [4.69, 9.17) is 11.6 Å². The van der Waals surface area contributed by atoms with Crippen molar-refractivity contribution in [3.8, 4) is 0 Å². The van der Waals surface area contributed by atoms with Crippen molar-refractivity contribution in [1.82, 2.24) is 4.98 Å². The molecule has 2 N–H and O–H groups in total. The van der Waals surface area contributed by atoms with Crippen LogP contribution in [0.2, 0.25) is 5.02 Å². The first-order chi connectivity index (χ1) is 12.6. The van der Waals surface area contributed by atoms with E-state index in [0.717, 1.165) is 12.0 Å². The first-order valence-electron chi connectivity index (χ1n) is 8.11. The second-order valence-electron chi connectivity index (χ2n) is 5.70. The maximum Gasteiger partial charge on any atom is 0.257 e. The van der Waals surface area contributed by atoms with Gasteiger partial charge in [0.1, 0.15) is 11.6 Å². The van der Waals surface area contributed by atoms with Gasteiger partial charge in [-0.2, -0.15) is 0 Å². The third-order valence-electron chi connectivity index (χ3n) is 3.74. The molecule has 0 bridgehead atoms. The van der Waals surface area contributed by atoms with E-state index < -0.39 is 0 Å². The van der Waals surface area contributed by atoms with Gasteiger partial charge in [0.25, 0.3) is 5.91 Å². The van der Waals surface area contributed by atoms with Crippen LogP contribution in [0.1, 0.15) is 15.9 Å². The number of nitrogens with one attached hydrogen (secondary N) is 2. The Labute approximate surface area is 156 Å². The minimum absolute atomic E-state index is 0.241. The van der Waals surface area contributed by atoms with Crippen molar-refractivity contribution in [2.45, 2.75) is 6.42 Å². The molecule has 0 radical (unpaired) electrons. The van der Waals surface area contributed by atoms with Gasteiger partial charge in [0.15, 0.2) is 0 Å². The van der Waals surface area contributed by atoms with Crippen molar-refractivity contribution in [2.24, 2.45) is 0 Å². The molecule has 2 aromatic carbocycles. The van der Waals surface area contributed by atoms with Gasteiger partial charge in [-0.1, -0.05) is 29.8 Å². The van der Waals surface area contributed by atoms with Crippen LogP contribution in [0.15, 0.2) is 66.9 Å². The van der Waals surface area contributed by atoms with Crippen LogP contribution in [0.3, 0.4) is 0 Å². The lowest BCUT2D eigenvalue weighted by Crippen LogP contribution is -2.13. The zero-order chi connectivity index (χ0) is 18.4. The van der Waals surface area contributed by atoms with E-state index in [1.54, 1.807) is 48.5 Å². The normalized spacial score (nSPS) is 10.4. The molecular weight excluding hydrogens is 353 g/mol. The Hall–Kier alpha value is -2.92. The fourth-order valence-corrected chi connectivity index (χ4v) is 2.58. The van der Waals surface area contributed by atoms with E-state index in [0.29, 0.717) is 28.6 Å². The molecule has 26 heavy (non-hydrogen) atoms. The van der Waals surface area contributed by atoms with Crippen LogP contribution < -0.4 is 10.6 Å². The first-order valence-corrected chi connectivity index (χ1v) is 8.49. The molecule has 0 aliphatic heterocycles. The predicted octanol–water partition coefficient (Wildman–Crippen LogP) is 4.78. The maximum atomic E-state index is 12.9. The highest BCUT2D eigenvalue weighted by atomic mass is 35.5. The topological polar surface area (TPSA) is 54.0 Å². The maximum absolute atomic E-state index is 12.9. The van der Waals surface area contributed by atoms with Crippen molar-refractivity contribution < 1.29 is 9.18 Å². The smallest absolute Gasteiger partial charge is 0.257 e. The van der Waals surface area contributed by atoms with E-state index in [9.17, 15) is 9.18 Å². The van der Waals surface area contributed by atoms with Gasteiger partial charge in [0, 0.05) is 23.5 Å². The highest BCUT2D eigenvalue weighted by Crippen LogP contribution is 2.16. The lowest BCUT2D eigenvalue weighted by atomic mass is 10.1. The summed E-state index contributed by atoms with van der Waals surface area (Å²) < 4.78 is 12.9. The monoisotopic (exact) mass is 369 g/mol. The van der Waals surface area contributed by atoms with Gasteiger partial charge in [-0.05, 0) is 54.4 Å². The van der Waals surface area contributed by atoms with Crippen molar-refractivity contribution in [2.75, 3.05) is 17.2 Å². The number of aromatic nitrogens is 1. The molecule has 0 aliphatic rings. The minimum Gasteiger partial charge on any atom is -0.370 e. The van der Waals surface area contributed by atoms with Gasteiger partial charge in [-0.25, -0.2) is 9.37 Å². The summed E-state index contributed by atoms with van der Waals surface area (Å²) in [6, 6.07) is 16.8. The Kier molecular flexibility index (Phi) is 5.81. The van der Waals surface area contributed by atoms with Gasteiger partial charge in [-0.15, -0.1) is 0 Å². The number of halogens is 2. The summed E-state index contributed by atoms with van der Waals surface area (Å²) in [5.74, 6) is 0.180. The Bertz CT molecular complexity index is 882. The number of anilines is 2. The van der Waals surface area contributed by atoms with Crippen molar-refractivity contribution in [3.05, 3.63) is 88.8 Å². The summed E-state index contributed by atoms with van der Waals surface area (Å²) in [5.41, 5.74) is 2.12. The zero-order valence-corrected chi connectivity index (χ0v) is 14.6. The molecule has 1 heterocycles. The lowest BCUT2D eigenvalue weighted by molar-refractivity contribution is 0.102. The van der Waals surface area contributed by atoms with Gasteiger partial charge >= 0.3 is 0 Å². The van der Waals surface area contributed by atoms with Crippen molar-refractivity contribution in [1.29, 1.82) is 0 Å². The molecule has 3 aromatic rings. The number of hydrogen-bond donors (Lipinski definition) is 2. The summed E-state index contributed by atoms with van der Waals surface area (Å²) in [4.78, 5) is 16.5. The van der Waals surface area contributed by atoms with Gasteiger partial charge < -0.3 is 10.6 Å². The Morgan fingerprint density at radius 1 is 1.08 bits per heavy atom. The standard InChI is InChI=1S/C20H17ClFN3O/c21-16-2-1-3-18(12-16)25-20(26)15-6-9-19(24-13-15)23-11-10-14-4-7-17(22)8-5-14/h1-9,12-13H,10-11H2,(H,23,24)(H,25,26). The van der Waals surface area contributed by atoms with Crippen LogP contribution in [-0.4, -0.2) is 17.4 Å². The minimum atomic E-state index is -0.252. The highest BCUT2D eigenvalue weighted by Gasteiger charge is 2.07. The van der Waals surface area contributed by atoms with E-state index >= 15 is 0 Å². The average molecular weight is 370 g/mol. The largest absolute Gasteiger partial charge is 0.370 e. The molecule has 0 spiro atoms. The molecule has 6 heteroatoms. The number of rotatable bonds is 6. The molecule has 0 saturated carbocycles. The molecule has 3 rings (SSSR count). The average Bonchev–Trinajstić information content (AvgIpc) is 2.64. The SMILES string of the molecule is O=C(Nc1cccc(Cl)c1)c1ccc(NCCc2ccc(F)cc2)nc1. The fraction of sp³-hybridized carbons (Fsp3) is 0.100. The van der Waals surface area contributed by atoms with Crippen LogP contribution >= 0.6 is 11.6 Å². The van der Waals surface area contributed by atoms with Crippen molar-refractivity contribution >= 4 is 29.0 Å². The van der Waals surface area contributed by atoms with Gasteiger partial charge in [-0.3, -0.25) is 4.79 Å². The first kappa shape index (κ1) is 17.9.